The summed E-state index contributed by atoms with van der Waals surface area (Å²) >= 11 is 0. The first-order valence-corrected chi connectivity index (χ1v) is 5.86. The van der Waals surface area contributed by atoms with Crippen molar-refractivity contribution in [2.24, 2.45) is 0 Å². The van der Waals surface area contributed by atoms with Crippen molar-refractivity contribution < 1.29 is 18.7 Å². The number of rotatable bonds is 6. The van der Waals surface area contributed by atoms with Crippen LogP contribution in [-0.2, 0) is 14.3 Å². The molecule has 3 nitrogen and oxygen atoms in total. The van der Waals surface area contributed by atoms with Crippen LogP contribution in [0.1, 0.15) is 24.2 Å². The van der Waals surface area contributed by atoms with Gasteiger partial charge in [0.25, 0.3) is 0 Å². The van der Waals surface area contributed by atoms with E-state index in [1.54, 1.807) is 12.1 Å². The highest BCUT2D eigenvalue weighted by Crippen LogP contribution is 2.25. The summed E-state index contributed by atoms with van der Waals surface area (Å²) < 4.78 is 24.4. The van der Waals surface area contributed by atoms with E-state index in [1.165, 1.54) is 18.2 Å². The first-order chi connectivity index (χ1) is 8.72. The molecule has 4 heteroatoms. The fraction of sp³-hybridized carbons (Fsp3) is 0.357. The number of ether oxygens (including phenoxy) is 2. The molecule has 1 heterocycles. The Morgan fingerprint density at radius 1 is 1.61 bits per heavy atom. The molecular formula is C14H15FO3. The van der Waals surface area contributed by atoms with E-state index >= 15 is 0 Å². The zero-order chi connectivity index (χ0) is 13.0. The number of carbonyl (C=O) groups is 1. The third kappa shape index (κ3) is 3.24. The van der Waals surface area contributed by atoms with E-state index in [-0.39, 0.29) is 18.0 Å². The highest BCUT2D eigenvalue weighted by atomic mass is 19.1. The van der Waals surface area contributed by atoms with Crippen LogP contribution < -0.4 is 0 Å². The number of aldehydes is 1. The lowest BCUT2D eigenvalue weighted by molar-refractivity contribution is -0.104. The van der Waals surface area contributed by atoms with Gasteiger partial charge in [0.1, 0.15) is 18.2 Å². The summed E-state index contributed by atoms with van der Waals surface area (Å²) in [5, 5.41) is 0. The number of allylic oxidation sites excluding steroid dienone is 1. The van der Waals surface area contributed by atoms with Crippen molar-refractivity contribution in [1.82, 2.24) is 0 Å². The molecule has 1 aliphatic heterocycles. The predicted molar refractivity (Wildman–Crippen MR) is 65.6 cm³/mol. The summed E-state index contributed by atoms with van der Waals surface area (Å²) in [4.78, 5) is 10.3. The molecule has 0 saturated carbocycles. The number of hydrogen-bond acceptors (Lipinski definition) is 3. The van der Waals surface area contributed by atoms with Gasteiger partial charge in [-0.2, -0.15) is 0 Å². The zero-order valence-electron chi connectivity index (χ0n) is 10.1. The van der Waals surface area contributed by atoms with Gasteiger partial charge in [-0.15, -0.1) is 0 Å². The van der Waals surface area contributed by atoms with E-state index in [2.05, 4.69) is 0 Å². The molecule has 0 spiro atoms. The van der Waals surface area contributed by atoms with Crippen LogP contribution in [0.15, 0.2) is 24.3 Å². The maximum absolute atomic E-state index is 13.7. The number of halogens is 1. The van der Waals surface area contributed by atoms with Gasteiger partial charge < -0.3 is 9.47 Å². The van der Waals surface area contributed by atoms with E-state index in [4.69, 9.17) is 9.47 Å². The average Bonchev–Trinajstić information content (AvgIpc) is 3.18. The van der Waals surface area contributed by atoms with Crippen LogP contribution in [0.25, 0.3) is 6.08 Å². The molecule has 0 amide bonds. The van der Waals surface area contributed by atoms with Gasteiger partial charge in [-0.25, -0.2) is 4.39 Å². The van der Waals surface area contributed by atoms with Gasteiger partial charge in [-0.1, -0.05) is 12.1 Å². The van der Waals surface area contributed by atoms with Gasteiger partial charge in [-0.3, -0.25) is 4.79 Å². The monoisotopic (exact) mass is 250 g/mol. The molecule has 1 unspecified atom stereocenters. The lowest BCUT2D eigenvalue weighted by Gasteiger charge is -2.15. The topological polar surface area (TPSA) is 38.8 Å². The standard InChI is InChI=1S/C14H15FO3/c1-10(17-8-11-9-18-11)12-4-2-6-14(15)13(12)5-3-7-16/h2-7,10-11H,8-9H2,1H3/b5-3+/t10-,11?/m1/s1. The Labute approximate surface area is 105 Å². The normalized spacial score (nSPS) is 20.0. The summed E-state index contributed by atoms with van der Waals surface area (Å²) in [7, 11) is 0. The Hall–Kier alpha value is -1.52. The molecule has 0 bridgehead atoms. The Balaban J connectivity index is 2.15. The maximum atomic E-state index is 13.7. The summed E-state index contributed by atoms with van der Waals surface area (Å²) in [6, 6.07) is 4.80. The first kappa shape index (κ1) is 12.9. The minimum absolute atomic E-state index is 0.176. The van der Waals surface area contributed by atoms with Crippen molar-refractivity contribution >= 4 is 12.4 Å². The van der Waals surface area contributed by atoms with Crippen LogP contribution in [0, 0.1) is 5.82 Å². The average molecular weight is 250 g/mol. The highest BCUT2D eigenvalue weighted by molar-refractivity contribution is 5.74. The molecule has 2 atom stereocenters. The molecule has 96 valence electrons. The molecule has 0 radical (unpaired) electrons. The van der Waals surface area contributed by atoms with Crippen molar-refractivity contribution in [3.8, 4) is 0 Å². The molecule has 1 fully saturated rings. The molecule has 2 rings (SSSR count). The van der Waals surface area contributed by atoms with E-state index in [9.17, 15) is 9.18 Å². The van der Waals surface area contributed by atoms with Crippen LogP contribution in [0.5, 0.6) is 0 Å². The van der Waals surface area contributed by atoms with Crippen molar-refractivity contribution in [1.29, 1.82) is 0 Å². The van der Waals surface area contributed by atoms with Gasteiger partial charge in [0.05, 0.1) is 19.3 Å². The fourth-order valence-electron chi connectivity index (χ4n) is 1.73. The largest absolute Gasteiger partial charge is 0.371 e. The summed E-state index contributed by atoms with van der Waals surface area (Å²) in [5.74, 6) is -0.358. The lowest BCUT2D eigenvalue weighted by atomic mass is 10.0. The highest BCUT2D eigenvalue weighted by Gasteiger charge is 2.24. The third-order valence-corrected chi connectivity index (χ3v) is 2.80. The van der Waals surface area contributed by atoms with Crippen molar-refractivity contribution in [3.05, 3.63) is 41.2 Å². The smallest absolute Gasteiger partial charge is 0.142 e. The molecule has 0 aliphatic carbocycles. The number of epoxide rings is 1. The molecule has 18 heavy (non-hydrogen) atoms. The minimum Gasteiger partial charge on any atom is -0.371 e. The van der Waals surface area contributed by atoms with Crippen LogP contribution in [0.4, 0.5) is 4.39 Å². The van der Waals surface area contributed by atoms with Crippen molar-refractivity contribution in [2.75, 3.05) is 13.2 Å². The first-order valence-electron chi connectivity index (χ1n) is 5.86. The van der Waals surface area contributed by atoms with E-state index in [1.807, 2.05) is 6.92 Å². The van der Waals surface area contributed by atoms with E-state index < -0.39 is 0 Å². The van der Waals surface area contributed by atoms with Gasteiger partial charge in [0, 0.05) is 5.56 Å². The van der Waals surface area contributed by atoms with Crippen molar-refractivity contribution in [3.63, 3.8) is 0 Å². The number of hydrogen-bond donors (Lipinski definition) is 0. The minimum atomic E-state index is -0.358. The predicted octanol–water partition coefficient (Wildman–Crippen LogP) is 2.51. The Bertz CT molecular complexity index is 452. The van der Waals surface area contributed by atoms with E-state index in [0.29, 0.717) is 18.5 Å². The summed E-state index contributed by atoms with van der Waals surface area (Å²) in [6.07, 6.45) is 3.30. The molecule has 0 aromatic heterocycles. The van der Waals surface area contributed by atoms with Crippen molar-refractivity contribution in [2.45, 2.75) is 19.1 Å². The fourth-order valence-corrected chi connectivity index (χ4v) is 1.73. The SMILES string of the molecule is C[C@@H](OCC1CO1)c1cccc(F)c1/C=C/C=O. The molecule has 1 aromatic rings. The summed E-state index contributed by atoms with van der Waals surface area (Å²) in [6.45, 7) is 3.09. The van der Waals surface area contributed by atoms with Gasteiger partial charge >= 0.3 is 0 Å². The maximum Gasteiger partial charge on any atom is 0.142 e. The molecule has 1 saturated heterocycles. The molecule has 0 N–H and O–H groups in total. The van der Waals surface area contributed by atoms with Gasteiger partial charge in [0.15, 0.2) is 0 Å². The third-order valence-electron chi connectivity index (χ3n) is 2.80. The molecular weight excluding hydrogens is 235 g/mol. The molecule has 1 aliphatic rings. The van der Waals surface area contributed by atoms with Crippen LogP contribution in [0.3, 0.4) is 0 Å². The quantitative estimate of drug-likeness (QED) is 0.442. The zero-order valence-corrected chi connectivity index (χ0v) is 10.1. The molecule has 1 aromatic carbocycles. The van der Waals surface area contributed by atoms with Gasteiger partial charge in [-0.05, 0) is 30.7 Å². The second kappa shape index (κ2) is 5.89. The Kier molecular flexibility index (Phi) is 4.23. The van der Waals surface area contributed by atoms with E-state index in [0.717, 1.165) is 12.2 Å². The number of carbonyl (C=O) groups excluding carboxylic acids is 1. The van der Waals surface area contributed by atoms with Crippen LogP contribution in [0.2, 0.25) is 0 Å². The Morgan fingerprint density at radius 2 is 2.39 bits per heavy atom. The van der Waals surface area contributed by atoms with Crippen LogP contribution >= 0.6 is 0 Å². The Morgan fingerprint density at radius 3 is 3.06 bits per heavy atom. The second-order valence-electron chi connectivity index (χ2n) is 4.17. The van der Waals surface area contributed by atoms with Gasteiger partial charge in [0.2, 0.25) is 0 Å². The lowest BCUT2D eigenvalue weighted by Crippen LogP contribution is -2.08. The summed E-state index contributed by atoms with van der Waals surface area (Å²) in [5.41, 5.74) is 1.13. The number of benzene rings is 1. The second-order valence-corrected chi connectivity index (χ2v) is 4.17. The van der Waals surface area contributed by atoms with Crippen LogP contribution in [-0.4, -0.2) is 25.6 Å².